The second kappa shape index (κ2) is 4.52. The number of ether oxygens (including phenoxy) is 2. The highest BCUT2D eigenvalue weighted by molar-refractivity contribution is 5.85. The molecule has 0 radical (unpaired) electrons. The van der Waals surface area contributed by atoms with E-state index < -0.39 is 0 Å². The van der Waals surface area contributed by atoms with Gasteiger partial charge in [-0.25, -0.2) is 0 Å². The lowest BCUT2D eigenvalue weighted by Gasteiger charge is -2.20. The summed E-state index contributed by atoms with van der Waals surface area (Å²) in [7, 11) is 0. The summed E-state index contributed by atoms with van der Waals surface area (Å²) in [5.41, 5.74) is 7.31. The van der Waals surface area contributed by atoms with Crippen molar-refractivity contribution < 1.29 is 9.47 Å². The summed E-state index contributed by atoms with van der Waals surface area (Å²) in [4.78, 5) is 0. The zero-order valence-corrected chi connectivity index (χ0v) is 9.83. The standard InChI is InChI=1S/C12H15NO2.ClH/c13-12(8-1-2-8)9-3-4-10-11(7-9)15-6-5-14-10;/h3-4,7-8,12H,1-2,5-6,13H2;1H. The number of nitrogens with two attached hydrogens (primary N) is 1. The predicted molar refractivity (Wildman–Crippen MR) is 64.3 cm³/mol. The average molecular weight is 242 g/mol. The van der Waals surface area contributed by atoms with Crippen molar-refractivity contribution in [3.8, 4) is 11.5 Å². The number of fused-ring (bicyclic) bond motifs is 1. The molecule has 2 aliphatic rings. The molecule has 1 fully saturated rings. The van der Waals surface area contributed by atoms with Gasteiger partial charge in [-0.3, -0.25) is 0 Å². The van der Waals surface area contributed by atoms with Crippen LogP contribution in [0.5, 0.6) is 11.5 Å². The third kappa shape index (κ3) is 2.11. The van der Waals surface area contributed by atoms with E-state index in [0.29, 0.717) is 19.1 Å². The van der Waals surface area contributed by atoms with Gasteiger partial charge in [0, 0.05) is 6.04 Å². The van der Waals surface area contributed by atoms with Gasteiger partial charge in [0.1, 0.15) is 13.2 Å². The third-order valence-electron chi connectivity index (χ3n) is 3.08. The Morgan fingerprint density at radius 2 is 1.81 bits per heavy atom. The van der Waals surface area contributed by atoms with Crippen molar-refractivity contribution in [3.63, 3.8) is 0 Å². The molecule has 0 saturated heterocycles. The molecule has 1 aromatic rings. The van der Waals surface area contributed by atoms with Gasteiger partial charge in [0.15, 0.2) is 11.5 Å². The molecule has 2 N–H and O–H groups in total. The molecular formula is C12H16ClNO2. The minimum Gasteiger partial charge on any atom is -0.486 e. The van der Waals surface area contributed by atoms with E-state index in [2.05, 4.69) is 6.07 Å². The van der Waals surface area contributed by atoms with E-state index >= 15 is 0 Å². The first kappa shape index (κ1) is 11.6. The summed E-state index contributed by atoms with van der Waals surface area (Å²) in [5, 5.41) is 0. The van der Waals surface area contributed by atoms with E-state index in [1.165, 1.54) is 18.4 Å². The summed E-state index contributed by atoms with van der Waals surface area (Å²) in [6, 6.07) is 6.21. The van der Waals surface area contributed by atoms with Gasteiger partial charge in [0.2, 0.25) is 0 Å². The summed E-state index contributed by atoms with van der Waals surface area (Å²) in [5.74, 6) is 2.36. The lowest BCUT2D eigenvalue weighted by Crippen LogP contribution is -2.17. The fourth-order valence-electron chi connectivity index (χ4n) is 1.99. The van der Waals surface area contributed by atoms with Crippen molar-refractivity contribution in [1.29, 1.82) is 0 Å². The number of halogens is 1. The van der Waals surface area contributed by atoms with Crippen LogP contribution in [0.25, 0.3) is 0 Å². The minimum absolute atomic E-state index is 0. The van der Waals surface area contributed by atoms with Crippen LogP contribution in [0.2, 0.25) is 0 Å². The normalized spacial score (nSPS) is 19.8. The molecule has 0 spiro atoms. The number of hydrogen-bond acceptors (Lipinski definition) is 3. The van der Waals surface area contributed by atoms with Gasteiger partial charge in [0.25, 0.3) is 0 Å². The average Bonchev–Trinajstić information content (AvgIpc) is 3.11. The maximum absolute atomic E-state index is 6.14. The lowest BCUT2D eigenvalue weighted by molar-refractivity contribution is 0.171. The number of hydrogen-bond donors (Lipinski definition) is 1. The van der Waals surface area contributed by atoms with Gasteiger partial charge >= 0.3 is 0 Å². The molecule has 4 heteroatoms. The Morgan fingerprint density at radius 3 is 2.50 bits per heavy atom. The van der Waals surface area contributed by atoms with Crippen LogP contribution >= 0.6 is 12.4 Å². The first-order chi connectivity index (χ1) is 7.34. The number of rotatable bonds is 2. The van der Waals surface area contributed by atoms with Crippen molar-refractivity contribution in [1.82, 2.24) is 0 Å². The van der Waals surface area contributed by atoms with Crippen LogP contribution < -0.4 is 15.2 Å². The van der Waals surface area contributed by atoms with Gasteiger partial charge in [-0.2, -0.15) is 0 Å². The topological polar surface area (TPSA) is 44.5 Å². The second-order valence-electron chi connectivity index (χ2n) is 4.27. The van der Waals surface area contributed by atoms with Crippen molar-refractivity contribution in [2.45, 2.75) is 18.9 Å². The Bertz CT molecular complexity index is 379. The van der Waals surface area contributed by atoms with Crippen LogP contribution in [-0.4, -0.2) is 13.2 Å². The molecule has 3 rings (SSSR count). The summed E-state index contributed by atoms with van der Waals surface area (Å²) in [6.07, 6.45) is 2.52. The SMILES string of the molecule is Cl.NC(c1ccc2c(c1)OCCO2)C1CC1. The van der Waals surface area contributed by atoms with E-state index in [-0.39, 0.29) is 18.4 Å². The molecule has 1 aliphatic heterocycles. The maximum Gasteiger partial charge on any atom is 0.161 e. The van der Waals surface area contributed by atoms with E-state index in [0.717, 1.165) is 11.5 Å². The largest absolute Gasteiger partial charge is 0.486 e. The molecule has 0 aromatic heterocycles. The van der Waals surface area contributed by atoms with Crippen LogP contribution in [0.3, 0.4) is 0 Å². The molecule has 0 amide bonds. The molecule has 88 valence electrons. The molecule has 1 saturated carbocycles. The zero-order valence-electron chi connectivity index (χ0n) is 9.02. The van der Waals surface area contributed by atoms with Crippen LogP contribution in [0.4, 0.5) is 0 Å². The summed E-state index contributed by atoms with van der Waals surface area (Å²) >= 11 is 0. The highest BCUT2D eigenvalue weighted by atomic mass is 35.5. The van der Waals surface area contributed by atoms with E-state index in [9.17, 15) is 0 Å². The molecule has 1 aromatic carbocycles. The minimum atomic E-state index is 0. The predicted octanol–water partition coefficient (Wildman–Crippen LogP) is 2.29. The number of benzene rings is 1. The highest BCUT2D eigenvalue weighted by Gasteiger charge is 2.30. The molecule has 16 heavy (non-hydrogen) atoms. The second-order valence-corrected chi connectivity index (χ2v) is 4.27. The van der Waals surface area contributed by atoms with Crippen LogP contribution in [0.15, 0.2) is 18.2 Å². The smallest absolute Gasteiger partial charge is 0.161 e. The molecule has 1 heterocycles. The van der Waals surface area contributed by atoms with Crippen LogP contribution in [0, 0.1) is 5.92 Å². The quantitative estimate of drug-likeness (QED) is 0.864. The first-order valence-corrected chi connectivity index (χ1v) is 5.50. The van der Waals surface area contributed by atoms with Crippen molar-refractivity contribution >= 4 is 12.4 Å². The van der Waals surface area contributed by atoms with Gasteiger partial charge in [-0.05, 0) is 36.5 Å². The Hall–Kier alpha value is -0.930. The fourth-order valence-corrected chi connectivity index (χ4v) is 1.99. The molecular weight excluding hydrogens is 226 g/mol. The molecule has 0 bridgehead atoms. The van der Waals surface area contributed by atoms with Crippen LogP contribution in [0.1, 0.15) is 24.4 Å². The first-order valence-electron chi connectivity index (χ1n) is 5.50. The highest BCUT2D eigenvalue weighted by Crippen LogP contribution is 2.41. The molecule has 1 unspecified atom stereocenters. The molecule has 1 atom stereocenters. The zero-order chi connectivity index (χ0) is 10.3. The third-order valence-corrected chi connectivity index (χ3v) is 3.08. The van der Waals surface area contributed by atoms with Crippen molar-refractivity contribution in [3.05, 3.63) is 23.8 Å². The van der Waals surface area contributed by atoms with Gasteiger partial charge < -0.3 is 15.2 Å². The van der Waals surface area contributed by atoms with E-state index in [4.69, 9.17) is 15.2 Å². The summed E-state index contributed by atoms with van der Waals surface area (Å²) < 4.78 is 11.0. The van der Waals surface area contributed by atoms with Crippen LogP contribution in [-0.2, 0) is 0 Å². The maximum atomic E-state index is 6.14. The molecule has 1 aliphatic carbocycles. The van der Waals surface area contributed by atoms with Crippen molar-refractivity contribution in [2.75, 3.05) is 13.2 Å². The van der Waals surface area contributed by atoms with Gasteiger partial charge in [0.05, 0.1) is 0 Å². The summed E-state index contributed by atoms with van der Waals surface area (Å²) in [6.45, 7) is 1.27. The Balaban J connectivity index is 0.000000963. The van der Waals surface area contributed by atoms with E-state index in [1.54, 1.807) is 0 Å². The van der Waals surface area contributed by atoms with Gasteiger partial charge in [-0.15, -0.1) is 12.4 Å². The Morgan fingerprint density at radius 1 is 1.12 bits per heavy atom. The van der Waals surface area contributed by atoms with Gasteiger partial charge in [-0.1, -0.05) is 6.07 Å². The van der Waals surface area contributed by atoms with Crippen molar-refractivity contribution in [2.24, 2.45) is 11.7 Å². The lowest BCUT2D eigenvalue weighted by atomic mass is 10.0. The fraction of sp³-hybridized carbons (Fsp3) is 0.500. The van der Waals surface area contributed by atoms with E-state index in [1.807, 2.05) is 12.1 Å². The Labute approximate surface area is 101 Å². The monoisotopic (exact) mass is 241 g/mol. The molecule has 3 nitrogen and oxygen atoms in total. The Kier molecular flexibility index (Phi) is 3.26.